The van der Waals surface area contributed by atoms with E-state index in [9.17, 15) is 0 Å². The Morgan fingerprint density at radius 1 is 0.882 bits per heavy atom. The van der Waals surface area contributed by atoms with Crippen molar-refractivity contribution in [1.29, 1.82) is 0 Å². The highest BCUT2D eigenvalue weighted by Gasteiger charge is 1.88. The van der Waals surface area contributed by atoms with Crippen LogP contribution in [-0.4, -0.2) is 5.71 Å². The average Bonchev–Trinajstić information content (AvgIpc) is 2.39. The molecule has 2 aromatic carbocycles. The molecule has 0 N–H and O–H groups in total. The van der Waals surface area contributed by atoms with Crippen molar-refractivity contribution < 1.29 is 0 Å². The van der Waals surface area contributed by atoms with Gasteiger partial charge >= 0.3 is 0 Å². The van der Waals surface area contributed by atoms with Crippen LogP contribution in [0.1, 0.15) is 12.5 Å². The van der Waals surface area contributed by atoms with Crippen molar-refractivity contribution in [2.45, 2.75) is 6.92 Å². The van der Waals surface area contributed by atoms with Gasteiger partial charge in [0.2, 0.25) is 0 Å². The summed E-state index contributed by atoms with van der Waals surface area (Å²) in [6, 6.07) is 20.2. The molecule has 84 valence electrons. The van der Waals surface area contributed by atoms with Gasteiger partial charge in [0, 0.05) is 5.71 Å². The van der Waals surface area contributed by atoms with Crippen molar-refractivity contribution in [2.75, 3.05) is 0 Å². The van der Waals surface area contributed by atoms with Crippen molar-refractivity contribution in [3.8, 4) is 0 Å². The highest BCUT2D eigenvalue weighted by Crippen LogP contribution is 2.10. The summed E-state index contributed by atoms with van der Waals surface area (Å²) in [5.41, 5.74) is 3.18. The highest BCUT2D eigenvalue weighted by molar-refractivity contribution is 5.97. The monoisotopic (exact) mass is 221 g/mol. The van der Waals surface area contributed by atoms with Gasteiger partial charge in [-0.3, -0.25) is 4.99 Å². The van der Waals surface area contributed by atoms with E-state index in [0.717, 1.165) is 11.4 Å². The van der Waals surface area contributed by atoms with Gasteiger partial charge in [0.05, 0.1) is 5.69 Å². The Morgan fingerprint density at radius 3 is 2.12 bits per heavy atom. The first-order valence-electron chi connectivity index (χ1n) is 5.68. The van der Waals surface area contributed by atoms with Crippen LogP contribution in [0, 0.1) is 0 Å². The summed E-state index contributed by atoms with van der Waals surface area (Å²) >= 11 is 0. The first-order valence-corrected chi connectivity index (χ1v) is 5.68. The Hall–Kier alpha value is -2.15. The molecule has 0 heterocycles. The summed E-state index contributed by atoms with van der Waals surface area (Å²) in [6.07, 6.45) is 4.10. The maximum atomic E-state index is 4.50. The largest absolute Gasteiger partial charge is 0.254 e. The van der Waals surface area contributed by atoms with Crippen LogP contribution in [0.4, 0.5) is 5.69 Å². The van der Waals surface area contributed by atoms with Gasteiger partial charge in [-0.25, -0.2) is 0 Å². The summed E-state index contributed by atoms with van der Waals surface area (Å²) in [6.45, 7) is 2.01. The van der Waals surface area contributed by atoms with E-state index in [1.165, 1.54) is 5.56 Å². The van der Waals surface area contributed by atoms with Crippen molar-refractivity contribution in [2.24, 2.45) is 4.99 Å². The average molecular weight is 221 g/mol. The molecular formula is C16H15N. The predicted octanol–water partition coefficient (Wildman–Crippen LogP) is 4.49. The molecule has 0 aromatic heterocycles. The van der Waals surface area contributed by atoms with Crippen LogP contribution in [0.3, 0.4) is 0 Å². The van der Waals surface area contributed by atoms with Gasteiger partial charge < -0.3 is 0 Å². The number of para-hydroxylation sites is 1. The Labute approximate surface area is 102 Å². The molecule has 1 nitrogen and oxygen atoms in total. The topological polar surface area (TPSA) is 12.4 Å². The lowest BCUT2D eigenvalue weighted by Gasteiger charge is -1.95. The number of allylic oxidation sites excluding steroid dienone is 1. The van der Waals surface area contributed by atoms with E-state index in [2.05, 4.69) is 23.2 Å². The van der Waals surface area contributed by atoms with Crippen LogP contribution in [0.5, 0.6) is 0 Å². The molecule has 0 aliphatic carbocycles. The quantitative estimate of drug-likeness (QED) is 0.677. The second-order valence-electron chi connectivity index (χ2n) is 3.83. The zero-order valence-electron chi connectivity index (χ0n) is 9.88. The molecule has 0 saturated carbocycles. The van der Waals surface area contributed by atoms with Gasteiger partial charge in [0.1, 0.15) is 0 Å². The maximum absolute atomic E-state index is 4.50. The van der Waals surface area contributed by atoms with E-state index >= 15 is 0 Å². The van der Waals surface area contributed by atoms with E-state index in [1.807, 2.05) is 61.5 Å². The second-order valence-corrected chi connectivity index (χ2v) is 3.83. The molecule has 0 aliphatic heterocycles. The molecule has 1 heteroatoms. The first kappa shape index (κ1) is 11.3. The molecule has 2 aromatic rings. The van der Waals surface area contributed by atoms with Crippen LogP contribution in [0.25, 0.3) is 6.08 Å². The van der Waals surface area contributed by atoms with Crippen LogP contribution >= 0.6 is 0 Å². The standard InChI is InChI=1S/C16H15N/c1-14(17-16-10-6-3-7-11-16)12-13-15-8-4-2-5-9-15/h2-13H,1H3/b13-12-,17-14?. The maximum Gasteiger partial charge on any atom is 0.0632 e. The summed E-state index contributed by atoms with van der Waals surface area (Å²) in [5, 5.41) is 0. The predicted molar refractivity (Wildman–Crippen MR) is 74.7 cm³/mol. The smallest absolute Gasteiger partial charge is 0.0632 e. The van der Waals surface area contributed by atoms with Crippen LogP contribution in [-0.2, 0) is 0 Å². The zero-order valence-corrected chi connectivity index (χ0v) is 9.88. The Kier molecular flexibility index (Phi) is 3.87. The van der Waals surface area contributed by atoms with Crippen molar-refractivity contribution in [3.05, 3.63) is 72.3 Å². The van der Waals surface area contributed by atoms with Crippen LogP contribution in [0.15, 0.2) is 71.7 Å². The minimum Gasteiger partial charge on any atom is -0.254 e. The molecule has 0 unspecified atom stereocenters. The third-order valence-corrected chi connectivity index (χ3v) is 2.38. The number of aliphatic imine (C=N–C) groups is 1. The molecule has 0 bridgehead atoms. The van der Waals surface area contributed by atoms with Crippen LogP contribution < -0.4 is 0 Å². The summed E-state index contributed by atoms with van der Waals surface area (Å²) < 4.78 is 0. The lowest BCUT2D eigenvalue weighted by molar-refractivity contribution is 1.50. The van der Waals surface area contributed by atoms with E-state index in [4.69, 9.17) is 0 Å². The van der Waals surface area contributed by atoms with E-state index in [0.29, 0.717) is 0 Å². The van der Waals surface area contributed by atoms with Crippen molar-refractivity contribution >= 4 is 17.5 Å². The Morgan fingerprint density at radius 2 is 1.47 bits per heavy atom. The van der Waals surface area contributed by atoms with Gasteiger partial charge in [-0.15, -0.1) is 0 Å². The molecule has 0 saturated heterocycles. The fraction of sp³-hybridized carbons (Fsp3) is 0.0625. The summed E-state index contributed by atoms with van der Waals surface area (Å²) in [4.78, 5) is 4.50. The number of benzene rings is 2. The highest BCUT2D eigenvalue weighted by atomic mass is 14.7. The summed E-state index contributed by atoms with van der Waals surface area (Å²) in [5.74, 6) is 0. The van der Waals surface area contributed by atoms with E-state index in [-0.39, 0.29) is 0 Å². The van der Waals surface area contributed by atoms with Gasteiger partial charge in [0.25, 0.3) is 0 Å². The fourth-order valence-electron chi connectivity index (χ4n) is 1.52. The Bertz CT molecular complexity index is 510. The molecule has 0 aliphatic rings. The molecule has 0 atom stereocenters. The molecule has 0 fully saturated rings. The molecular weight excluding hydrogens is 206 g/mol. The van der Waals surface area contributed by atoms with E-state index in [1.54, 1.807) is 0 Å². The van der Waals surface area contributed by atoms with Crippen molar-refractivity contribution in [1.82, 2.24) is 0 Å². The number of hydrogen-bond donors (Lipinski definition) is 0. The molecule has 0 radical (unpaired) electrons. The molecule has 0 spiro atoms. The third kappa shape index (κ3) is 3.72. The minimum absolute atomic E-state index is 0.989. The number of hydrogen-bond acceptors (Lipinski definition) is 1. The lowest BCUT2D eigenvalue weighted by Crippen LogP contribution is -1.82. The van der Waals surface area contributed by atoms with Gasteiger partial charge in [0.15, 0.2) is 0 Å². The lowest BCUT2D eigenvalue weighted by atomic mass is 10.2. The Balaban J connectivity index is 2.09. The first-order chi connectivity index (χ1) is 8.34. The minimum atomic E-state index is 0.989. The van der Waals surface area contributed by atoms with Gasteiger partial charge in [-0.1, -0.05) is 54.6 Å². The van der Waals surface area contributed by atoms with Crippen LogP contribution in [0.2, 0.25) is 0 Å². The summed E-state index contributed by atoms with van der Waals surface area (Å²) in [7, 11) is 0. The molecule has 2 rings (SSSR count). The fourth-order valence-corrected chi connectivity index (χ4v) is 1.52. The zero-order chi connectivity index (χ0) is 11.9. The molecule has 0 amide bonds. The SMILES string of the molecule is CC(/C=C\c1ccccc1)=Nc1ccccc1. The number of nitrogens with zero attached hydrogens (tertiary/aromatic N) is 1. The second kappa shape index (κ2) is 5.80. The molecule has 17 heavy (non-hydrogen) atoms. The number of rotatable bonds is 3. The normalized spacial score (nSPS) is 11.9. The van der Waals surface area contributed by atoms with E-state index < -0.39 is 0 Å². The van der Waals surface area contributed by atoms with Crippen molar-refractivity contribution in [3.63, 3.8) is 0 Å². The van der Waals surface area contributed by atoms with Gasteiger partial charge in [-0.05, 0) is 30.7 Å². The third-order valence-electron chi connectivity index (χ3n) is 2.38. The van der Waals surface area contributed by atoms with Gasteiger partial charge in [-0.2, -0.15) is 0 Å².